The Hall–Kier alpha value is -0.380. The van der Waals surface area contributed by atoms with E-state index in [0.29, 0.717) is 13.2 Å². The first-order valence-corrected chi connectivity index (χ1v) is 10.3. The number of hydrogen-bond donors (Lipinski definition) is 0. The molecule has 0 radical (unpaired) electrons. The van der Waals surface area contributed by atoms with Crippen LogP contribution in [0.2, 0.25) is 0 Å². The summed E-state index contributed by atoms with van der Waals surface area (Å²) in [5, 5.41) is 0. The van der Waals surface area contributed by atoms with Gasteiger partial charge in [-0.25, -0.2) is 0 Å². The summed E-state index contributed by atoms with van der Waals surface area (Å²) in [6.45, 7) is 6.99. The molecule has 0 aromatic carbocycles. The molecule has 0 rings (SSSR count). The number of esters is 1. The van der Waals surface area contributed by atoms with E-state index in [2.05, 4.69) is 13.8 Å². The van der Waals surface area contributed by atoms with Crippen molar-refractivity contribution >= 4 is 13.6 Å². The summed E-state index contributed by atoms with van der Waals surface area (Å²) in [5.74, 6) is -0.520. The molecule has 0 N–H and O–H groups in total. The van der Waals surface area contributed by atoms with E-state index in [-0.39, 0.29) is 12.8 Å². The standard InChI is InChI=1S/C16H33O5P/c1-4-7-9-11-13-20-22(18,15-16(17)19-6-3)21-14-12-10-8-5-2/h4-15H2,1-3H3. The van der Waals surface area contributed by atoms with Gasteiger partial charge >= 0.3 is 13.6 Å². The lowest BCUT2D eigenvalue weighted by Gasteiger charge is -2.18. The van der Waals surface area contributed by atoms with Crippen LogP contribution in [-0.2, 0) is 23.1 Å². The third-order valence-electron chi connectivity index (χ3n) is 3.20. The Kier molecular flexibility index (Phi) is 14.0. The molecule has 0 spiro atoms. The van der Waals surface area contributed by atoms with Crippen LogP contribution in [0.4, 0.5) is 0 Å². The summed E-state index contributed by atoms with van der Waals surface area (Å²) in [5.41, 5.74) is 0. The van der Waals surface area contributed by atoms with Crippen molar-refractivity contribution in [2.75, 3.05) is 26.0 Å². The van der Waals surface area contributed by atoms with Gasteiger partial charge < -0.3 is 13.8 Å². The van der Waals surface area contributed by atoms with E-state index >= 15 is 0 Å². The molecule has 0 aromatic heterocycles. The molecule has 22 heavy (non-hydrogen) atoms. The molecule has 132 valence electrons. The van der Waals surface area contributed by atoms with Crippen molar-refractivity contribution in [2.45, 2.75) is 72.1 Å². The average Bonchev–Trinajstić information content (AvgIpc) is 2.47. The smallest absolute Gasteiger partial charge is 0.341 e. The maximum atomic E-state index is 12.6. The molecule has 0 aliphatic carbocycles. The molecular weight excluding hydrogens is 303 g/mol. The minimum Gasteiger partial charge on any atom is -0.466 e. The average molecular weight is 336 g/mol. The minimum absolute atomic E-state index is 0.270. The number of carbonyl (C=O) groups excluding carboxylic acids is 1. The van der Waals surface area contributed by atoms with Crippen molar-refractivity contribution in [3.05, 3.63) is 0 Å². The normalized spacial score (nSPS) is 11.6. The quantitative estimate of drug-likeness (QED) is 0.241. The summed E-state index contributed by atoms with van der Waals surface area (Å²) in [6.07, 6.45) is 7.97. The Bertz CT molecular complexity index is 302. The highest BCUT2D eigenvalue weighted by Gasteiger charge is 2.29. The molecule has 0 saturated heterocycles. The van der Waals surface area contributed by atoms with Crippen molar-refractivity contribution in [1.29, 1.82) is 0 Å². The van der Waals surface area contributed by atoms with E-state index < -0.39 is 13.6 Å². The van der Waals surface area contributed by atoms with Crippen LogP contribution in [0.5, 0.6) is 0 Å². The molecule has 0 atom stereocenters. The molecule has 0 bridgehead atoms. The Balaban J connectivity index is 4.22. The van der Waals surface area contributed by atoms with Gasteiger partial charge in [-0.15, -0.1) is 0 Å². The van der Waals surface area contributed by atoms with Crippen LogP contribution >= 0.6 is 7.60 Å². The number of rotatable bonds is 15. The van der Waals surface area contributed by atoms with E-state index in [0.717, 1.165) is 51.4 Å². The summed E-state index contributed by atoms with van der Waals surface area (Å²) < 4.78 is 28.3. The van der Waals surface area contributed by atoms with E-state index in [4.69, 9.17) is 13.8 Å². The number of hydrogen-bond acceptors (Lipinski definition) is 5. The topological polar surface area (TPSA) is 61.8 Å². The van der Waals surface area contributed by atoms with E-state index in [1.54, 1.807) is 6.92 Å². The van der Waals surface area contributed by atoms with Crippen LogP contribution in [0.3, 0.4) is 0 Å². The van der Waals surface area contributed by atoms with Crippen molar-refractivity contribution < 1.29 is 23.1 Å². The monoisotopic (exact) mass is 336 g/mol. The number of unbranched alkanes of at least 4 members (excludes halogenated alkanes) is 6. The summed E-state index contributed by atoms with van der Waals surface area (Å²) >= 11 is 0. The van der Waals surface area contributed by atoms with Crippen molar-refractivity contribution in [3.63, 3.8) is 0 Å². The van der Waals surface area contributed by atoms with Gasteiger partial charge in [-0.05, 0) is 19.8 Å². The molecule has 0 unspecified atom stereocenters. The van der Waals surface area contributed by atoms with Crippen molar-refractivity contribution in [1.82, 2.24) is 0 Å². The fourth-order valence-electron chi connectivity index (χ4n) is 1.96. The molecular formula is C16H33O5P. The van der Waals surface area contributed by atoms with Gasteiger partial charge in [0.1, 0.15) is 6.16 Å². The van der Waals surface area contributed by atoms with Gasteiger partial charge in [0.15, 0.2) is 0 Å². The third kappa shape index (κ3) is 12.2. The molecule has 0 heterocycles. The maximum absolute atomic E-state index is 12.6. The first-order valence-electron chi connectivity index (χ1n) is 8.61. The Labute approximate surface area is 135 Å². The lowest BCUT2D eigenvalue weighted by atomic mass is 10.2. The zero-order chi connectivity index (χ0) is 16.7. The lowest BCUT2D eigenvalue weighted by Crippen LogP contribution is -2.13. The molecule has 5 nitrogen and oxygen atoms in total. The SMILES string of the molecule is CCCCCCOP(=O)(CC(=O)OCC)OCCCCCC. The largest absolute Gasteiger partial charge is 0.466 e. The van der Waals surface area contributed by atoms with Crippen LogP contribution in [-0.4, -0.2) is 32.0 Å². The molecule has 6 heteroatoms. The predicted octanol–water partition coefficient (Wildman–Crippen LogP) is 4.94. The molecule has 0 fully saturated rings. The van der Waals surface area contributed by atoms with Gasteiger partial charge in [-0.2, -0.15) is 0 Å². The van der Waals surface area contributed by atoms with E-state index in [1.165, 1.54) is 0 Å². The number of ether oxygens (including phenoxy) is 1. The fraction of sp³-hybridized carbons (Fsp3) is 0.938. The molecule has 0 aromatic rings. The number of carbonyl (C=O) groups is 1. The van der Waals surface area contributed by atoms with Crippen LogP contribution < -0.4 is 0 Å². The van der Waals surface area contributed by atoms with E-state index in [1.807, 2.05) is 0 Å². The third-order valence-corrected chi connectivity index (χ3v) is 5.00. The van der Waals surface area contributed by atoms with Gasteiger partial charge in [-0.3, -0.25) is 9.36 Å². The minimum atomic E-state index is -3.38. The zero-order valence-corrected chi connectivity index (χ0v) is 15.4. The molecule has 0 aliphatic heterocycles. The Morgan fingerprint density at radius 2 is 1.32 bits per heavy atom. The van der Waals surface area contributed by atoms with Crippen LogP contribution in [0.1, 0.15) is 72.1 Å². The van der Waals surface area contributed by atoms with Crippen molar-refractivity contribution in [3.8, 4) is 0 Å². The Morgan fingerprint density at radius 3 is 1.73 bits per heavy atom. The highest BCUT2D eigenvalue weighted by molar-refractivity contribution is 7.54. The fourth-order valence-corrected chi connectivity index (χ4v) is 3.44. The Morgan fingerprint density at radius 1 is 0.818 bits per heavy atom. The van der Waals surface area contributed by atoms with Crippen LogP contribution in [0.25, 0.3) is 0 Å². The lowest BCUT2D eigenvalue weighted by molar-refractivity contribution is -0.140. The van der Waals surface area contributed by atoms with E-state index in [9.17, 15) is 9.36 Å². The van der Waals surface area contributed by atoms with Gasteiger partial charge in [-0.1, -0.05) is 52.4 Å². The maximum Gasteiger partial charge on any atom is 0.341 e. The summed E-state index contributed by atoms with van der Waals surface area (Å²) in [4.78, 5) is 11.6. The van der Waals surface area contributed by atoms with Gasteiger partial charge in [0.05, 0.1) is 19.8 Å². The highest BCUT2D eigenvalue weighted by atomic mass is 31.2. The van der Waals surface area contributed by atoms with Crippen LogP contribution in [0.15, 0.2) is 0 Å². The second kappa shape index (κ2) is 14.2. The summed E-state index contributed by atoms with van der Waals surface area (Å²) in [6, 6.07) is 0. The predicted molar refractivity (Wildman–Crippen MR) is 89.3 cm³/mol. The molecule has 0 amide bonds. The molecule has 0 saturated carbocycles. The van der Waals surface area contributed by atoms with Crippen LogP contribution in [0, 0.1) is 0 Å². The first kappa shape index (κ1) is 21.6. The highest BCUT2D eigenvalue weighted by Crippen LogP contribution is 2.48. The van der Waals surface area contributed by atoms with Gasteiger partial charge in [0, 0.05) is 0 Å². The first-order chi connectivity index (χ1) is 10.6. The van der Waals surface area contributed by atoms with Gasteiger partial charge in [0.25, 0.3) is 0 Å². The second-order valence-electron chi connectivity index (χ2n) is 5.36. The summed E-state index contributed by atoms with van der Waals surface area (Å²) in [7, 11) is -3.38. The second-order valence-corrected chi connectivity index (χ2v) is 7.42. The molecule has 0 aliphatic rings. The van der Waals surface area contributed by atoms with Crippen molar-refractivity contribution in [2.24, 2.45) is 0 Å². The van der Waals surface area contributed by atoms with Gasteiger partial charge in [0.2, 0.25) is 0 Å². The zero-order valence-electron chi connectivity index (χ0n) is 14.5.